The van der Waals surface area contributed by atoms with Gasteiger partial charge in [-0.1, -0.05) is 173 Å². The van der Waals surface area contributed by atoms with Crippen LogP contribution in [0.15, 0.2) is 94.7 Å². The first-order chi connectivity index (χ1) is 29.8. The Kier molecular flexibility index (Phi) is 28.5. The maximum atomic E-state index is 11.9. The molecule has 10 nitrogen and oxygen atoms in total. The van der Waals surface area contributed by atoms with E-state index >= 15 is 0 Å². The zero-order chi connectivity index (χ0) is 45.1. The van der Waals surface area contributed by atoms with E-state index in [1.807, 2.05) is 0 Å². The second-order valence-electron chi connectivity index (χ2n) is 16.1. The van der Waals surface area contributed by atoms with Gasteiger partial charge in [0.05, 0.1) is 4.90 Å². The quantitative estimate of drug-likeness (QED) is 0.0291. The van der Waals surface area contributed by atoms with Gasteiger partial charge in [0.15, 0.2) is 0 Å². The molecule has 0 unspecified atom stereocenters. The second-order valence-corrected chi connectivity index (χ2v) is 18.9. The van der Waals surface area contributed by atoms with Gasteiger partial charge in [-0.05, 0) is 74.2 Å². The Hall–Kier alpha value is -2.84. The van der Waals surface area contributed by atoms with E-state index in [0.717, 1.165) is 38.5 Å². The Bertz CT molecular complexity index is 1940. The van der Waals surface area contributed by atoms with Crippen molar-refractivity contribution < 1.29 is 45.6 Å². The molecule has 63 heavy (non-hydrogen) atoms. The Morgan fingerprint density at radius 3 is 1.25 bits per heavy atom. The fourth-order valence-electron chi connectivity index (χ4n) is 7.52. The summed E-state index contributed by atoms with van der Waals surface area (Å²) in [7, 11) is -8.96. The fraction of sp³-hybridized carbons (Fsp3) is 0.520. The molecular formula is C50H70CaO10S2. The summed E-state index contributed by atoms with van der Waals surface area (Å²) >= 11 is 0. The largest absolute Gasteiger partial charge is 2.00 e. The molecule has 0 atom stereocenters. The van der Waals surface area contributed by atoms with E-state index in [2.05, 4.69) is 13.8 Å². The van der Waals surface area contributed by atoms with Crippen LogP contribution >= 0.6 is 0 Å². The number of hydrogen-bond acceptors (Lipinski definition) is 9. The van der Waals surface area contributed by atoms with Crippen LogP contribution in [0.4, 0.5) is 0 Å². The minimum absolute atomic E-state index is 0. The van der Waals surface area contributed by atoms with E-state index in [4.69, 9.17) is 9.47 Å². The third-order valence-corrected chi connectivity index (χ3v) is 12.7. The minimum atomic E-state index is -4.61. The van der Waals surface area contributed by atoms with Gasteiger partial charge in [-0.25, -0.2) is 8.42 Å². The summed E-state index contributed by atoms with van der Waals surface area (Å²) in [6, 6.07) is 21.4. The van der Waals surface area contributed by atoms with Crippen molar-refractivity contribution in [2.45, 2.75) is 178 Å². The maximum absolute atomic E-state index is 11.9. The summed E-state index contributed by atoms with van der Waals surface area (Å²) in [5.74, 6) is 1.30. The van der Waals surface area contributed by atoms with Crippen molar-refractivity contribution >= 4 is 58.0 Å². The number of benzene rings is 4. The zero-order valence-corrected chi connectivity index (χ0v) is 41.6. The van der Waals surface area contributed by atoms with Crippen LogP contribution in [0.2, 0.25) is 0 Å². The van der Waals surface area contributed by atoms with Crippen molar-refractivity contribution in [3.63, 3.8) is 0 Å². The summed E-state index contributed by atoms with van der Waals surface area (Å²) in [6.45, 7) is 4.46. The Morgan fingerprint density at radius 1 is 0.492 bits per heavy atom. The van der Waals surface area contributed by atoms with Crippen LogP contribution in [0.1, 0.15) is 166 Å². The number of hydrogen-bond donors (Lipinski definition) is 2. The number of phenolic OH excluding ortho intramolecular Hbond substituents is 1. The Morgan fingerprint density at radius 2 is 0.857 bits per heavy atom. The van der Waals surface area contributed by atoms with Gasteiger partial charge >= 0.3 is 37.7 Å². The molecule has 0 fully saturated rings. The molecule has 0 aliphatic carbocycles. The van der Waals surface area contributed by atoms with Gasteiger partial charge in [-0.2, -0.15) is 8.42 Å². The van der Waals surface area contributed by atoms with Crippen LogP contribution < -0.4 is 14.6 Å². The van der Waals surface area contributed by atoms with E-state index in [1.54, 1.807) is 42.5 Å². The topological polar surface area (TPSA) is 173 Å². The van der Waals surface area contributed by atoms with Crippen molar-refractivity contribution in [1.82, 2.24) is 0 Å². The Balaban J connectivity index is 0.000000427. The van der Waals surface area contributed by atoms with E-state index in [-0.39, 0.29) is 59.0 Å². The minimum Gasteiger partial charge on any atom is -0.872 e. The van der Waals surface area contributed by atoms with Gasteiger partial charge in [0.2, 0.25) is 0 Å². The predicted octanol–water partition coefficient (Wildman–Crippen LogP) is 13.2. The molecule has 2 N–H and O–H groups in total. The van der Waals surface area contributed by atoms with Crippen LogP contribution in [0.25, 0.3) is 0 Å². The molecule has 0 amide bonds. The van der Waals surface area contributed by atoms with Crippen LogP contribution in [0, 0.1) is 0 Å². The van der Waals surface area contributed by atoms with Gasteiger partial charge in [0, 0.05) is 17.2 Å². The SMILES string of the molecule is CCCCCCCCCCCCCc1c(Oc2cccc(O)c2)cccc1S(=O)(=O)O.CCCCCCCCCCCCCc1c(Oc2cccc([O-])c2)cccc1S(=O)(=O)[O-].[Ca+2]. The van der Waals surface area contributed by atoms with Gasteiger partial charge in [0.25, 0.3) is 10.1 Å². The first kappa shape index (κ1) is 56.3. The van der Waals surface area contributed by atoms with Crippen LogP contribution in [0.3, 0.4) is 0 Å². The average molecular weight is 935 g/mol. The first-order valence-corrected chi connectivity index (χ1v) is 25.8. The number of aromatic hydroxyl groups is 1. The predicted molar refractivity (Wildman–Crippen MR) is 251 cm³/mol. The molecule has 4 aromatic rings. The molecule has 4 rings (SSSR count). The van der Waals surface area contributed by atoms with Gasteiger partial charge < -0.3 is 24.2 Å². The third-order valence-electron chi connectivity index (χ3n) is 10.9. The maximum Gasteiger partial charge on any atom is 2.00 e. The second kappa shape index (κ2) is 31.9. The van der Waals surface area contributed by atoms with Crippen molar-refractivity contribution in [3.05, 3.63) is 96.1 Å². The van der Waals surface area contributed by atoms with Crippen LogP contribution in [0.5, 0.6) is 34.5 Å². The Labute approximate surface area is 408 Å². The molecule has 4 aromatic carbocycles. The van der Waals surface area contributed by atoms with Crippen molar-refractivity contribution in [2.24, 2.45) is 0 Å². The molecule has 344 valence electrons. The van der Waals surface area contributed by atoms with Gasteiger partial charge in [-0.15, -0.1) is 5.75 Å². The van der Waals surface area contributed by atoms with Crippen molar-refractivity contribution in [2.75, 3.05) is 0 Å². The van der Waals surface area contributed by atoms with E-state index < -0.39 is 20.2 Å². The molecule has 0 heterocycles. The molecule has 0 aliphatic rings. The van der Waals surface area contributed by atoms with E-state index in [9.17, 15) is 36.2 Å². The normalized spacial score (nSPS) is 11.4. The molecule has 0 aliphatic heterocycles. The first-order valence-electron chi connectivity index (χ1n) is 22.9. The molecular weight excluding hydrogens is 865 g/mol. The van der Waals surface area contributed by atoms with Gasteiger partial charge in [-0.3, -0.25) is 4.55 Å². The van der Waals surface area contributed by atoms with E-state index in [1.165, 1.54) is 145 Å². The van der Waals surface area contributed by atoms with Crippen molar-refractivity contribution in [1.29, 1.82) is 0 Å². The summed E-state index contributed by atoms with van der Waals surface area (Å²) < 4.78 is 80.3. The third kappa shape index (κ3) is 23.3. The standard InChI is InChI=1S/2C25H36O5S.Ca/c2*1-2-3-4-5-6-7-8-9-10-11-12-17-23-24(18-14-19-25(23)31(27,28)29)30-22-16-13-15-21(26)20-22;/h2*13-16,18-20,26H,2-12,17H2,1H3,(H,27,28,29);/q;;+2/p-2. The van der Waals surface area contributed by atoms with E-state index in [0.29, 0.717) is 47.0 Å². The molecule has 0 aromatic heterocycles. The van der Waals surface area contributed by atoms with Crippen LogP contribution in [-0.2, 0) is 33.1 Å². The molecule has 13 heteroatoms. The molecule has 0 saturated heterocycles. The van der Waals surface area contributed by atoms with Gasteiger partial charge in [0.1, 0.15) is 43.8 Å². The van der Waals surface area contributed by atoms with Crippen molar-refractivity contribution in [3.8, 4) is 34.5 Å². The summed E-state index contributed by atoms with van der Waals surface area (Å²) in [5, 5.41) is 21.2. The summed E-state index contributed by atoms with van der Waals surface area (Å²) in [4.78, 5) is -0.354. The smallest absolute Gasteiger partial charge is 0.872 e. The summed E-state index contributed by atoms with van der Waals surface area (Å²) in [6.07, 6.45) is 27.3. The van der Waals surface area contributed by atoms with Crippen LogP contribution in [-0.4, -0.2) is 68.8 Å². The molecule has 0 spiro atoms. The fourth-order valence-corrected chi connectivity index (χ4v) is 9.04. The molecule has 0 saturated carbocycles. The average Bonchev–Trinajstić information content (AvgIpc) is 3.22. The number of ether oxygens (including phenoxy) is 2. The monoisotopic (exact) mass is 934 g/mol. The number of unbranched alkanes of at least 4 members (excludes halogenated alkanes) is 20. The molecule has 0 bridgehead atoms. The summed E-state index contributed by atoms with van der Waals surface area (Å²) in [5.41, 5.74) is 0.869. The zero-order valence-electron chi connectivity index (χ0n) is 37.7. The molecule has 0 radical (unpaired) electrons. The number of phenols is 1. The number of rotatable bonds is 30.